The van der Waals surface area contributed by atoms with E-state index in [1.807, 2.05) is 24.3 Å². The van der Waals surface area contributed by atoms with Crippen LogP contribution in [0.15, 0.2) is 48.8 Å². The molecule has 0 spiro atoms. The molecule has 1 N–H and O–H groups in total. The molecule has 1 saturated heterocycles. The highest BCUT2D eigenvalue weighted by Gasteiger charge is 2.23. The van der Waals surface area contributed by atoms with Gasteiger partial charge in [0, 0.05) is 30.0 Å². The Kier molecular flexibility index (Phi) is 5.48. The Bertz CT molecular complexity index is 916. The number of fused-ring (bicyclic) bond motifs is 1. The van der Waals surface area contributed by atoms with E-state index in [1.54, 1.807) is 6.07 Å². The number of nitrogens with one attached hydrogen (secondary N) is 1. The van der Waals surface area contributed by atoms with E-state index in [2.05, 4.69) is 20.2 Å². The summed E-state index contributed by atoms with van der Waals surface area (Å²) in [4.78, 5) is 10.9. The van der Waals surface area contributed by atoms with Gasteiger partial charge in [0.1, 0.15) is 18.0 Å². The molecule has 4 rings (SSSR count). The van der Waals surface area contributed by atoms with Gasteiger partial charge in [0.05, 0.1) is 24.8 Å². The van der Waals surface area contributed by atoms with E-state index in [9.17, 15) is 4.39 Å². The van der Waals surface area contributed by atoms with E-state index in [4.69, 9.17) is 16.3 Å². The van der Waals surface area contributed by atoms with Crippen LogP contribution in [0.2, 0.25) is 5.02 Å². The fourth-order valence-electron chi connectivity index (χ4n) is 3.39. The summed E-state index contributed by atoms with van der Waals surface area (Å²) in [5.74, 6) is 0.328. The van der Waals surface area contributed by atoms with Gasteiger partial charge >= 0.3 is 0 Å². The van der Waals surface area contributed by atoms with Crippen molar-refractivity contribution in [1.82, 2.24) is 14.9 Å². The minimum atomic E-state index is -0.303. The molecule has 0 radical (unpaired) electrons. The number of nitrogens with zero attached hydrogens (tertiary/aromatic N) is 3. The summed E-state index contributed by atoms with van der Waals surface area (Å²) in [7, 11) is 0. The minimum Gasteiger partial charge on any atom is -0.379 e. The minimum absolute atomic E-state index is 0.129. The van der Waals surface area contributed by atoms with Crippen LogP contribution < -0.4 is 5.32 Å². The molecule has 1 fully saturated rings. The number of ether oxygens (including phenoxy) is 1. The third-order valence-corrected chi connectivity index (χ3v) is 5.05. The van der Waals surface area contributed by atoms with E-state index in [1.165, 1.54) is 24.0 Å². The normalized spacial score (nSPS) is 16.4. The molecule has 1 aromatic heterocycles. The molecule has 3 aromatic rings. The predicted molar refractivity (Wildman–Crippen MR) is 105 cm³/mol. The molecule has 1 aliphatic heterocycles. The highest BCUT2D eigenvalue weighted by molar-refractivity contribution is 6.30. The van der Waals surface area contributed by atoms with Crippen molar-refractivity contribution in [3.05, 3.63) is 65.2 Å². The average Bonchev–Trinajstić information content (AvgIpc) is 2.70. The summed E-state index contributed by atoms with van der Waals surface area (Å²) in [6, 6.07) is 12.6. The number of anilines is 1. The number of hydrogen-bond donors (Lipinski definition) is 1. The lowest BCUT2D eigenvalue weighted by Crippen LogP contribution is -2.41. The summed E-state index contributed by atoms with van der Waals surface area (Å²) in [5, 5.41) is 4.78. The maximum atomic E-state index is 13.7. The molecule has 27 heavy (non-hydrogen) atoms. The van der Waals surface area contributed by atoms with Crippen molar-refractivity contribution in [3.63, 3.8) is 0 Å². The molecular weight excluding hydrogens is 367 g/mol. The van der Waals surface area contributed by atoms with Crippen molar-refractivity contribution in [2.75, 3.05) is 38.2 Å². The molecule has 0 bridgehead atoms. The fraction of sp³-hybridized carbons (Fsp3) is 0.300. The van der Waals surface area contributed by atoms with Crippen molar-refractivity contribution in [1.29, 1.82) is 0 Å². The zero-order chi connectivity index (χ0) is 18.6. The zero-order valence-corrected chi connectivity index (χ0v) is 15.5. The number of morpholine rings is 1. The van der Waals surface area contributed by atoms with Crippen LogP contribution >= 0.6 is 11.6 Å². The van der Waals surface area contributed by atoms with E-state index < -0.39 is 0 Å². The molecule has 0 amide bonds. The standard InChI is InChI=1S/C20H20ClFN4O/c21-15-3-1-14(2-4-15)19(26-7-9-27-10-8-26)12-23-20-17-11-16(22)5-6-18(17)24-13-25-20/h1-6,11,13,19H,7-10,12H2,(H,23,24,25). The van der Waals surface area contributed by atoms with Gasteiger partial charge in [-0.1, -0.05) is 23.7 Å². The molecule has 0 aliphatic carbocycles. The first-order valence-corrected chi connectivity index (χ1v) is 9.30. The quantitative estimate of drug-likeness (QED) is 0.720. The van der Waals surface area contributed by atoms with Crippen molar-refractivity contribution in [3.8, 4) is 0 Å². The Balaban J connectivity index is 1.60. The van der Waals surface area contributed by atoms with Crippen LogP contribution in [-0.4, -0.2) is 47.7 Å². The molecular formula is C20H20ClFN4O. The van der Waals surface area contributed by atoms with Crippen LogP contribution in [0.5, 0.6) is 0 Å². The molecule has 1 aliphatic rings. The Morgan fingerprint density at radius 1 is 1.11 bits per heavy atom. The maximum absolute atomic E-state index is 13.7. The second-order valence-electron chi connectivity index (χ2n) is 6.48. The van der Waals surface area contributed by atoms with Gasteiger partial charge in [0.15, 0.2) is 0 Å². The fourth-order valence-corrected chi connectivity index (χ4v) is 3.52. The van der Waals surface area contributed by atoms with Crippen molar-refractivity contribution in [2.24, 2.45) is 0 Å². The van der Waals surface area contributed by atoms with Crippen LogP contribution in [0.4, 0.5) is 10.2 Å². The SMILES string of the molecule is Fc1ccc2ncnc(NCC(c3ccc(Cl)cc3)N3CCOCC3)c2c1. The van der Waals surface area contributed by atoms with Gasteiger partial charge in [0.2, 0.25) is 0 Å². The Hall–Kier alpha value is -2.28. The molecule has 2 aromatic carbocycles. The zero-order valence-electron chi connectivity index (χ0n) is 14.7. The summed E-state index contributed by atoms with van der Waals surface area (Å²) in [5.41, 5.74) is 1.88. The Morgan fingerprint density at radius 2 is 1.89 bits per heavy atom. The topological polar surface area (TPSA) is 50.3 Å². The third-order valence-electron chi connectivity index (χ3n) is 4.80. The van der Waals surface area contributed by atoms with Crippen molar-refractivity contribution < 1.29 is 9.13 Å². The van der Waals surface area contributed by atoms with Gasteiger partial charge in [-0.2, -0.15) is 0 Å². The second-order valence-corrected chi connectivity index (χ2v) is 6.92. The molecule has 2 heterocycles. The molecule has 1 unspecified atom stereocenters. The van der Waals surface area contributed by atoms with Gasteiger partial charge in [-0.15, -0.1) is 0 Å². The molecule has 0 saturated carbocycles. The number of halogens is 2. The first-order valence-electron chi connectivity index (χ1n) is 8.92. The summed E-state index contributed by atoms with van der Waals surface area (Å²) in [6.45, 7) is 3.77. The Labute approximate surface area is 162 Å². The number of benzene rings is 2. The number of rotatable bonds is 5. The lowest BCUT2D eigenvalue weighted by atomic mass is 10.0. The largest absolute Gasteiger partial charge is 0.379 e. The molecule has 140 valence electrons. The summed E-state index contributed by atoms with van der Waals surface area (Å²) in [6.07, 6.45) is 1.49. The lowest BCUT2D eigenvalue weighted by molar-refractivity contribution is 0.0187. The lowest BCUT2D eigenvalue weighted by Gasteiger charge is -2.35. The average molecular weight is 387 g/mol. The first kappa shape index (κ1) is 18.1. The van der Waals surface area contributed by atoms with Crippen LogP contribution in [-0.2, 0) is 4.74 Å². The summed E-state index contributed by atoms with van der Waals surface area (Å²) >= 11 is 6.05. The van der Waals surface area contributed by atoms with Crippen molar-refractivity contribution >= 4 is 28.3 Å². The van der Waals surface area contributed by atoms with Crippen LogP contribution in [0.3, 0.4) is 0 Å². The highest BCUT2D eigenvalue weighted by Crippen LogP contribution is 2.26. The van der Waals surface area contributed by atoms with Gasteiger partial charge < -0.3 is 10.1 Å². The molecule has 5 nitrogen and oxygen atoms in total. The van der Waals surface area contributed by atoms with Gasteiger partial charge in [-0.25, -0.2) is 14.4 Å². The van der Waals surface area contributed by atoms with Crippen molar-refractivity contribution in [2.45, 2.75) is 6.04 Å². The number of aromatic nitrogens is 2. The third kappa shape index (κ3) is 4.18. The summed E-state index contributed by atoms with van der Waals surface area (Å²) < 4.78 is 19.2. The van der Waals surface area contributed by atoms with E-state index >= 15 is 0 Å². The second kappa shape index (κ2) is 8.17. The number of hydrogen-bond acceptors (Lipinski definition) is 5. The van der Waals surface area contributed by atoms with Gasteiger partial charge in [-0.05, 0) is 35.9 Å². The monoisotopic (exact) mass is 386 g/mol. The molecule has 1 atom stereocenters. The van der Waals surface area contributed by atoms with E-state index in [-0.39, 0.29) is 11.9 Å². The highest BCUT2D eigenvalue weighted by atomic mass is 35.5. The van der Waals surface area contributed by atoms with Crippen LogP contribution in [0.1, 0.15) is 11.6 Å². The Morgan fingerprint density at radius 3 is 2.67 bits per heavy atom. The van der Waals surface area contributed by atoms with Crippen LogP contribution in [0.25, 0.3) is 10.9 Å². The van der Waals surface area contributed by atoms with Gasteiger partial charge in [-0.3, -0.25) is 4.90 Å². The van der Waals surface area contributed by atoms with Gasteiger partial charge in [0.25, 0.3) is 0 Å². The smallest absolute Gasteiger partial charge is 0.137 e. The van der Waals surface area contributed by atoms with E-state index in [0.717, 1.165) is 13.1 Å². The molecule has 7 heteroatoms. The van der Waals surface area contributed by atoms with E-state index in [0.29, 0.717) is 41.5 Å². The maximum Gasteiger partial charge on any atom is 0.137 e. The first-order chi connectivity index (χ1) is 13.2. The van der Waals surface area contributed by atoms with Crippen LogP contribution in [0, 0.1) is 5.82 Å². The predicted octanol–water partition coefficient (Wildman–Crippen LogP) is 3.91.